The summed E-state index contributed by atoms with van der Waals surface area (Å²) in [6.07, 6.45) is 42.9. The molecule has 0 radical (unpaired) electrons. The maximum Gasteiger partial charge on any atom is 0.0701 e. The third-order valence-electron chi connectivity index (χ3n) is 12.1. The summed E-state index contributed by atoms with van der Waals surface area (Å²) in [6.45, 7) is 14.1. The Bertz CT molecular complexity index is 747. The molecule has 0 fully saturated rings. The molecule has 4 N–H and O–H groups in total. The predicted octanol–water partition coefficient (Wildman–Crippen LogP) is 12.7. The molecule has 0 amide bonds. The number of unbranched alkanes of at least 4 members (excludes halogenated alkanes) is 27. The second kappa shape index (κ2) is 51.3. The second-order valence-electron chi connectivity index (χ2n) is 18.4. The van der Waals surface area contributed by atoms with Crippen LogP contribution in [0.4, 0.5) is 0 Å². The second-order valence-corrected chi connectivity index (χ2v) is 18.4. The highest BCUT2D eigenvalue weighted by atomic mass is 16.5. The Hall–Kier alpha value is -0.320. The normalized spacial score (nSPS) is 13.4. The van der Waals surface area contributed by atoms with Gasteiger partial charge in [-0.2, -0.15) is 0 Å². The van der Waals surface area contributed by atoms with E-state index in [9.17, 15) is 15.3 Å². The molecule has 8 nitrogen and oxygen atoms in total. The number of nitrogens with zero attached hydrogens (tertiary/aromatic N) is 1. The lowest BCUT2D eigenvalue weighted by Gasteiger charge is -2.27. The lowest BCUT2D eigenvalue weighted by Crippen LogP contribution is -2.39. The van der Waals surface area contributed by atoms with E-state index >= 15 is 0 Å². The van der Waals surface area contributed by atoms with Crippen molar-refractivity contribution < 1.29 is 29.5 Å². The van der Waals surface area contributed by atoms with E-state index in [1.54, 1.807) is 0 Å². The van der Waals surface area contributed by atoms with Crippen LogP contribution in [0, 0.1) is 0 Å². The van der Waals surface area contributed by atoms with Crippen molar-refractivity contribution in [2.45, 2.75) is 264 Å². The average Bonchev–Trinajstić information content (AvgIpc) is 3.24. The topological polar surface area (TPSA) is 104 Å². The molecule has 0 bridgehead atoms. The van der Waals surface area contributed by atoms with Crippen molar-refractivity contribution >= 4 is 0 Å². The molecule has 0 rings (SSSR count). The van der Waals surface area contributed by atoms with E-state index in [0.29, 0.717) is 59.3 Å². The zero-order valence-corrected chi connectivity index (χ0v) is 40.8. The monoisotopic (exact) mass is 857 g/mol. The number of nitrogens with one attached hydrogen (secondary N) is 1. The van der Waals surface area contributed by atoms with Crippen molar-refractivity contribution in [1.82, 2.24) is 10.2 Å². The minimum absolute atomic E-state index is 0.247. The summed E-state index contributed by atoms with van der Waals surface area (Å²) >= 11 is 0. The molecule has 0 spiro atoms. The van der Waals surface area contributed by atoms with Crippen molar-refractivity contribution in [3.05, 3.63) is 0 Å². The molecule has 8 heteroatoms. The Balaban J connectivity index is 4.02. The highest BCUT2D eigenvalue weighted by Crippen LogP contribution is 2.16. The van der Waals surface area contributed by atoms with Gasteiger partial charge in [0, 0.05) is 39.4 Å². The Kier molecular flexibility index (Phi) is 51.0. The van der Waals surface area contributed by atoms with Crippen molar-refractivity contribution in [1.29, 1.82) is 0 Å². The van der Waals surface area contributed by atoms with Crippen LogP contribution in [0.2, 0.25) is 0 Å². The van der Waals surface area contributed by atoms with Gasteiger partial charge in [0.2, 0.25) is 0 Å². The molecule has 362 valence electrons. The first-order valence-corrected chi connectivity index (χ1v) is 26.7. The lowest BCUT2D eigenvalue weighted by atomic mass is 10.0. The van der Waals surface area contributed by atoms with Crippen LogP contribution in [-0.4, -0.2) is 111 Å². The van der Waals surface area contributed by atoms with Crippen LogP contribution in [0.3, 0.4) is 0 Å². The summed E-state index contributed by atoms with van der Waals surface area (Å²) < 4.78 is 17.3. The van der Waals surface area contributed by atoms with E-state index in [1.165, 1.54) is 173 Å². The molecule has 0 saturated carbocycles. The van der Waals surface area contributed by atoms with Crippen LogP contribution in [0.1, 0.15) is 245 Å². The minimum atomic E-state index is -0.340. The summed E-state index contributed by atoms with van der Waals surface area (Å²) in [4.78, 5) is 2.27. The van der Waals surface area contributed by atoms with Gasteiger partial charge in [-0.1, -0.05) is 213 Å². The predicted molar refractivity (Wildman–Crippen MR) is 258 cm³/mol. The lowest BCUT2D eigenvalue weighted by molar-refractivity contribution is 0.0104. The molecule has 3 unspecified atom stereocenters. The van der Waals surface area contributed by atoms with E-state index in [1.807, 2.05) is 0 Å². The fraction of sp³-hybridized carbons (Fsp3) is 1.00. The fourth-order valence-electron chi connectivity index (χ4n) is 8.24. The maximum atomic E-state index is 10.9. The van der Waals surface area contributed by atoms with E-state index in [2.05, 4.69) is 31.0 Å². The van der Waals surface area contributed by atoms with E-state index in [4.69, 9.17) is 14.2 Å². The number of hydrogen-bond donors (Lipinski definition) is 4. The molecule has 3 atom stereocenters. The molecular formula is C52H108N2O6. The molecule has 0 heterocycles. The standard InChI is InChI=1S/C52H108N2O6/c1-4-7-10-13-16-19-22-25-28-31-36-50(55)47-53-39-34-41-58-43-45-60-46-44-59-42-35-40-54(48-51(56)37-32-29-26-23-20-17-14-11-8-5-2)49-52(57)38-33-30-27-24-21-18-15-12-9-6-3/h50-53,55-57H,4-49H2,1-3H3. The number of aliphatic hydroxyl groups excluding tert-OH is 3. The Morgan fingerprint density at radius 3 is 1.02 bits per heavy atom. The van der Waals surface area contributed by atoms with Gasteiger partial charge in [-0.25, -0.2) is 0 Å². The van der Waals surface area contributed by atoms with Crippen LogP contribution in [-0.2, 0) is 14.2 Å². The molecule has 0 saturated heterocycles. The molecule has 0 aromatic rings. The summed E-state index contributed by atoms with van der Waals surface area (Å²) in [6, 6.07) is 0. The number of rotatable bonds is 53. The molecule has 0 aliphatic heterocycles. The van der Waals surface area contributed by atoms with E-state index < -0.39 is 0 Å². The van der Waals surface area contributed by atoms with Gasteiger partial charge in [0.15, 0.2) is 0 Å². The van der Waals surface area contributed by atoms with E-state index in [0.717, 1.165) is 64.5 Å². The first kappa shape index (κ1) is 59.7. The molecule has 0 aliphatic rings. The van der Waals surface area contributed by atoms with Crippen LogP contribution in [0.15, 0.2) is 0 Å². The van der Waals surface area contributed by atoms with Crippen molar-refractivity contribution in [2.24, 2.45) is 0 Å². The smallest absolute Gasteiger partial charge is 0.0701 e. The molecule has 0 aromatic carbocycles. The molecule has 0 aliphatic carbocycles. The van der Waals surface area contributed by atoms with Crippen molar-refractivity contribution in [3.8, 4) is 0 Å². The van der Waals surface area contributed by atoms with Crippen LogP contribution >= 0.6 is 0 Å². The third kappa shape index (κ3) is 48.7. The van der Waals surface area contributed by atoms with Crippen LogP contribution in [0.5, 0.6) is 0 Å². The number of hydrogen-bond acceptors (Lipinski definition) is 8. The van der Waals surface area contributed by atoms with Crippen LogP contribution < -0.4 is 5.32 Å². The average molecular weight is 857 g/mol. The fourth-order valence-corrected chi connectivity index (χ4v) is 8.24. The van der Waals surface area contributed by atoms with Gasteiger partial charge < -0.3 is 34.8 Å². The first-order valence-electron chi connectivity index (χ1n) is 26.7. The molecular weight excluding hydrogens is 749 g/mol. The summed E-state index contributed by atoms with van der Waals surface area (Å²) in [7, 11) is 0. The highest BCUT2D eigenvalue weighted by molar-refractivity contribution is 4.70. The van der Waals surface area contributed by atoms with Crippen molar-refractivity contribution in [2.75, 3.05) is 72.4 Å². The highest BCUT2D eigenvalue weighted by Gasteiger charge is 2.16. The summed E-state index contributed by atoms with van der Waals surface area (Å²) in [5.41, 5.74) is 0. The van der Waals surface area contributed by atoms with Gasteiger partial charge in [0.05, 0.1) is 44.7 Å². The van der Waals surface area contributed by atoms with Gasteiger partial charge >= 0.3 is 0 Å². The number of ether oxygens (including phenoxy) is 3. The van der Waals surface area contributed by atoms with Gasteiger partial charge in [-0.3, -0.25) is 4.90 Å². The van der Waals surface area contributed by atoms with Gasteiger partial charge in [0.25, 0.3) is 0 Å². The van der Waals surface area contributed by atoms with Crippen LogP contribution in [0.25, 0.3) is 0 Å². The van der Waals surface area contributed by atoms with Gasteiger partial charge in [-0.05, 0) is 38.6 Å². The maximum absolute atomic E-state index is 10.9. The largest absolute Gasteiger partial charge is 0.392 e. The minimum Gasteiger partial charge on any atom is -0.392 e. The van der Waals surface area contributed by atoms with Gasteiger partial charge in [-0.15, -0.1) is 0 Å². The third-order valence-corrected chi connectivity index (χ3v) is 12.1. The first-order chi connectivity index (χ1) is 29.5. The van der Waals surface area contributed by atoms with E-state index in [-0.39, 0.29) is 18.3 Å². The van der Waals surface area contributed by atoms with Crippen molar-refractivity contribution in [3.63, 3.8) is 0 Å². The zero-order valence-electron chi connectivity index (χ0n) is 40.8. The quantitative estimate of drug-likeness (QED) is 0.0449. The Morgan fingerprint density at radius 1 is 0.350 bits per heavy atom. The molecule has 0 aromatic heterocycles. The van der Waals surface area contributed by atoms with Gasteiger partial charge in [0.1, 0.15) is 0 Å². The zero-order chi connectivity index (χ0) is 43.7. The summed E-state index contributed by atoms with van der Waals surface area (Å²) in [5, 5.41) is 35.5. The Labute approximate surface area is 374 Å². The Morgan fingerprint density at radius 2 is 0.650 bits per heavy atom. The summed E-state index contributed by atoms with van der Waals surface area (Å²) in [5.74, 6) is 0. The number of aliphatic hydroxyl groups is 3. The SMILES string of the molecule is CCCCCCCCCCCCC(O)CNCCCOCCOCCOCCCN(CC(O)CCCCCCCCCCCC)CC(O)CCCCCCCCCCCC. The molecule has 60 heavy (non-hydrogen) atoms.